The number of carbonyl (C=O) groups excluding carboxylic acids is 1. The number of urea groups is 1. The molecule has 2 amide bonds. The number of hydrogen-bond acceptors (Lipinski definition) is 3. The highest BCUT2D eigenvalue weighted by Crippen LogP contribution is 2.27. The fourth-order valence-electron chi connectivity index (χ4n) is 2.07. The number of carbonyl (C=O) groups is 2. The predicted octanol–water partition coefficient (Wildman–Crippen LogP) is 3.53. The second-order valence-corrected chi connectivity index (χ2v) is 7.05. The summed E-state index contributed by atoms with van der Waals surface area (Å²) < 4.78 is 0.804. The molecular formula is C13H14BrClN2O3S. The van der Waals surface area contributed by atoms with Crippen LogP contribution in [0.5, 0.6) is 0 Å². The first-order chi connectivity index (χ1) is 9.97. The maximum absolute atomic E-state index is 12.4. The van der Waals surface area contributed by atoms with E-state index < -0.39 is 5.97 Å². The van der Waals surface area contributed by atoms with Crippen LogP contribution in [0, 0.1) is 0 Å². The summed E-state index contributed by atoms with van der Waals surface area (Å²) >= 11 is 11.0. The fraction of sp³-hybridized carbons (Fsp3) is 0.385. The molecule has 1 aliphatic heterocycles. The van der Waals surface area contributed by atoms with Crippen LogP contribution in [0.3, 0.4) is 0 Å². The first kappa shape index (κ1) is 16.5. The molecule has 0 aromatic heterocycles. The number of carboxylic acid groups (broad SMARTS) is 1. The average molecular weight is 394 g/mol. The monoisotopic (exact) mass is 392 g/mol. The Morgan fingerprint density at radius 2 is 2.29 bits per heavy atom. The van der Waals surface area contributed by atoms with E-state index in [0.29, 0.717) is 23.0 Å². The lowest BCUT2D eigenvalue weighted by Crippen LogP contribution is -2.48. The molecule has 0 bridgehead atoms. The Kier molecular flexibility index (Phi) is 5.78. The first-order valence-corrected chi connectivity index (χ1v) is 8.62. The Bertz CT molecular complexity index is 558. The van der Waals surface area contributed by atoms with Crippen LogP contribution in [0.25, 0.3) is 0 Å². The lowest BCUT2D eigenvalue weighted by atomic mass is 10.2. The summed E-state index contributed by atoms with van der Waals surface area (Å²) in [6.07, 6.45) is -0.0490. The highest BCUT2D eigenvalue weighted by Gasteiger charge is 2.29. The van der Waals surface area contributed by atoms with Gasteiger partial charge < -0.3 is 15.3 Å². The van der Waals surface area contributed by atoms with Crippen molar-refractivity contribution in [2.75, 3.05) is 23.4 Å². The molecule has 1 heterocycles. The van der Waals surface area contributed by atoms with Crippen molar-refractivity contribution in [1.82, 2.24) is 4.90 Å². The van der Waals surface area contributed by atoms with E-state index in [1.165, 1.54) is 0 Å². The molecule has 8 heteroatoms. The Morgan fingerprint density at radius 1 is 1.52 bits per heavy atom. The lowest BCUT2D eigenvalue weighted by molar-refractivity contribution is -0.137. The average Bonchev–Trinajstić information content (AvgIpc) is 2.42. The minimum atomic E-state index is -0.902. The molecule has 2 N–H and O–H groups in total. The molecule has 0 aliphatic carbocycles. The number of amides is 2. The molecule has 1 saturated heterocycles. The van der Waals surface area contributed by atoms with Crippen LogP contribution in [0.1, 0.15) is 6.42 Å². The number of aliphatic carboxylic acids is 1. The minimum absolute atomic E-state index is 0.0490. The highest BCUT2D eigenvalue weighted by molar-refractivity contribution is 9.10. The number of hydrogen-bond donors (Lipinski definition) is 2. The summed E-state index contributed by atoms with van der Waals surface area (Å²) in [5.41, 5.74) is 0.503. The number of benzene rings is 1. The number of nitrogens with zero attached hydrogens (tertiary/aromatic N) is 1. The van der Waals surface area contributed by atoms with Crippen molar-refractivity contribution in [3.05, 3.63) is 27.7 Å². The third-order valence-electron chi connectivity index (χ3n) is 3.07. The van der Waals surface area contributed by atoms with Crippen molar-refractivity contribution in [3.63, 3.8) is 0 Å². The summed E-state index contributed by atoms with van der Waals surface area (Å²) in [6.45, 7) is 0.528. The number of carboxylic acids is 1. The van der Waals surface area contributed by atoms with Gasteiger partial charge in [0.15, 0.2) is 0 Å². The standard InChI is InChI=1S/C13H14BrClN2O3S/c14-8-1-2-10(15)11(5-8)16-13(20)17-3-4-21-7-9(17)6-12(18)19/h1-2,5,9H,3-4,6-7H2,(H,16,20)(H,18,19). The number of nitrogens with one attached hydrogen (secondary N) is 1. The van der Waals surface area contributed by atoms with Crippen molar-refractivity contribution < 1.29 is 14.7 Å². The maximum Gasteiger partial charge on any atom is 0.322 e. The van der Waals surface area contributed by atoms with Gasteiger partial charge in [-0.15, -0.1) is 0 Å². The van der Waals surface area contributed by atoms with Crippen molar-refractivity contribution in [2.45, 2.75) is 12.5 Å². The second kappa shape index (κ2) is 7.38. The number of halogens is 2. The largest absolute Gasteiger partial charge is 0.481 e. The van der Waals surface area contributed by atoms with E-state index in [1.54, 1.807) is 34.9 Å². The summed E-state index contributed by atoms with van der Waals surface area (Å²) in [5.74, 6) is 0.530. The lowest BCUT2D eigenvalue weighted by Gasteiger charge is -2.34. The zero-order valence-corrected chi connectivity index (χ0v) is 14.2. The summed E-state index contributed by atoms with van der Waals surface area (Å²) in [7, 11) is 0. The van der Waals surface area contributed by atoms with Crippen molar-refractivity contribution >= 4 is 57.0 Å². The van der Waals surface area contributed by atoms with Gasteiger partial charge in [-0.25, -0.2) is 4.79 Å². The molecule has 1 fully saturated rings. The zero-order valence-electron chi connectivity index (χ0n) is 11.0. The molecule has 114 valence electrons. The maximum atomic E-state index is 12.4. The van der Waals surface area contributed by atoms with Gasteiger partial charge in [0, 0.05) is 22.5 Å². The van der Waals surface area contributed by atoms with Gasteiger partial charge in [-0.05, 0) is 18.2 Å². The van der Waals surface area contributed by atoms with E-state index in [9.17, 15) is 9.59 Å². The molecule has 1 atom stereocenters. The topological polar surface area (TPSA) is 69.6 Å². The van der Waals surface area contributed by atoms with E-state index in [2.05, 4.69) is 21.2 Å². The molecule has 0 spiro atoms. The van der Waals surface area contributed by atoms with Gasteiger partial charge in [0.2, 0.25) is 0 Å². The number of anilines is 1. The first-order valence-electron chi connectivity index (χ1n) is 6.29. The van der Waals surface area contributed by atoms with E-state index in [4.69, 9.17) is 16.7 Å². The zero-order chi connectivity index (χ0) is 15.4. The summed E-state index contributed by atoms with van der Waals surface area (Å²) in [5, 5.41) is 12.1. The van der Waals surface area contributed by atoms with Crippen LogP contribution in [-0.4, -0.2) is 46.1 Å². The van der Waals surface area contributed by atoms with Gasteiger partial charge in [-0.2, -0.15) is 11.8 Å². The quantitative estimate of drug-likeness (QED) is 0.824. The van der Waals surface area contributed by atoms with Gasteiger partial charge in [-0.3, -0.25) is 4.79 Å². The molecule has 2 rings (SSSR count). The van der Waals surface area contributed by atoms with Gasteiger partial charge in [0.05, 0.1) is 23.2 Å². The van der Waals surface area contributed by atoms with Gasteiger partial charge in [-0.1, -0.05) is 27.5 Å². The summed E-state index contributed by atoms with van der Waals surface area (Å²) in [4.78, 5) is 24.8. The van der Waals surface area contributed by atoms with Crippen LogP contribution in [0.4, 0.5) is 10.5 Å². The van der Waals surface area contributed by atoms with Crippen molar-refractivity contribution in [2.24, 2.45) is 0 Å². The highest BCUT2D eigenvalue weighted by atomic mass is 79.9. The van der Waals surface area contributed by atoms with E-state index in [-0.39, 0.29) is 18.5 Å². The SMILES string of the molecule is O=C(O)CC1CSCCN1C(=O)Nc1cc(Br)ccc1Cl. The van der Waals surface area contributed by atoms with Gasteiger partial charge in [0.1, 0.15) is 0 Å². The normalized spacial score (nSPS) is 18.4. The molecule has 0 radical (unpaired) electrons. The molecule has 1 aliphatic rings. The van der Waals surface area contributed by atoms with Crippen LogP contribution >= 0.6 is 39.3 Å². The Labute approximate surface area is 140 Å². The fourth-order valence-corrected chi connectivity index (χ4v) is 3.66. The molecule has 21 heavy (non-hydrogen) atoms. The van der Waals surface area contributed by atoms with Crippen molar-refractivity contribution in [1.29, 1.82) is 0 Å². The number of thioether (sulfide) groups is 1. The van der Waals surface area contributed by atoms with Gasteiger partial charge in [0.25, 0.3) is 0 Å². The summed E-state index contributed by atoms with van der Waals surface area (Å²) in [6, 6.07) is 4.56. The van der Waals surface area contributed by atoms with Crippen LogP contribution in [0.2, 0.25) is 5.02 Å². The molecular weight excluding hydrogens is 380 g/mol. The molecule has 5 nitrogen and oxygen atoms in total. The van der Waals surface area contributed by atoms with E-state index in [1.807, 2.05) is 0 Å². The molecule has 1 aromatic rings. The third-order valence-corrected chi connectivity index (χ3v) is 4.98. The molecule has 1 unspecified atom stereocenters. The Hall–Kier alpha value is -0.920. The smallest absolute Gasteiger partial charge is 0.322 e. The minimum Gasteiger partial charge on any atom is -0.481 e. The number of rotatable bonds is 3. The van der Waals surface area contributed by atoms with Crippen molar-refractivity contribution in [3.8, 4) is 0 Å². The van der Waals surface area contributed by atoms with E-state index in [0.717, 1.165) is 10.2 Å². The van der Waals surface area contributed by atoms with Crippen LogP contribution < -0.4 is 5.32 Å². The molecule has 0 saturated carbocycles. The Morgan fingerprint density at radius 3 is 3.00 bits per heavy atom. The van der Waals surface area contributed by atoms with E-state index >= 15 is 0 Å². The molecule has 1 aromatic carbocycles. The Balaban J connectivity index is 2.10. The second-order valence-electron chi connectivity index (χ2n) is 4.57. The predicted molar refractivity (Wildman–Crippen MR) is 88.2 cm³/mol. The van der Waals surface area contributed by atoms with Gasteiger partial charge >= 0.3 is 12.0 Å². The van der Waals surface area contributed by atoms with Crippen LogP contribution in [-0.2, 0) is 4.79 Å². The van der Waals surface area contributed by atoms with Crippen LogP contribution in [0.15, 0.2) is 22.7 Å². The third kappa shape index (κ3) is 4.52.